The quantitative estimate of drug-likeness (QED) is 0.648. The van der Waals surface area contributed by atoms with Gasteiger partial charge in [0.25, 0.3) is 5.91 Å². The maximum atomic E-state index is 13.9. The van der Waals surface area contributed by atoms with Crippen molar-refractivity contribution < 1.29 is 23.9 Å². The molecule has 0 saturated heterocycles. The third-order valence-electron chi connectivity index (χ3n) is 7.03. The van der Waals surface area contributed by atoms with E-state index in [0.717, 1.165) is 31.2 Å². The minimum absolute atomic E-state index is 0.124. The standard InChI is InChI=1S/C25H34N4O5/c1-16(30)26-21-19-14-18(34-4)10-11-20(19)28-15-25(2,24(32)27-17-8-6-5-7-9-17)29(12-13-33-3)23(31)22(21)28/h10-11,14,17H,5-9,12-13,15H2,1-4H3,(H,26,30)(H,27,32)/t25-/m1/s1. The fraction of sp³-hybridized carbons (Fsp3) is 0.560. The number of amides is 3. The van der Waals surface area contributed by atoms with Gasteiger partial charge in [0.15, 0.2) is 0 Å². The zero-order chi connectivity index (χ0) is 24.5. The molecule has 0 unspecified atom stereocenters. The van der Waals surface area contributed by atoms with E-state index in [-0.39, 0.29) is 36.9 Å². The number of hydrogen-bond donors (Lipinski definition) is 2. The lowest BCUT2D eigenvalue weighted by Crippen LogP contribution is -2.65. The van der Waals surface area contributed by atoms with E-state index in [2.05, 4.69) is 10.6 Å². The molecule has 0 spiro atoms. The minimum atomic E-state index is -1.11. The summed E-state index contributed by atoms with van der Waals surface area (Å²) in [7, 11) is 3.14. The van der Waals surface area contributed by atoms with E-state index in [1.54, 1.807) is 25.2 Å². The summed E-state index contributed by atoms with van der Waals surface area (Å²) in [5.74, 6) is -0.143. The van der Waals surface area contributed by atoms with Crippen LogP contribution >= 0.6 is 0 Å². The zero-order valence-corrected chi connectivity index (χ0v) is 20.4. The summed E-state index contributed by atoms with van der Waals surface area (Å²) in [6.45, 7) is 4.04. The zero-order valence-electron chi connectivity index (χ0n) is 20.4. The van der Waals surface area contributed by atoms with Gasteiger partial charge in [-0.25, -0.2) is 0 Å². The average molecular weight is 471 g/mol. The molecule has 34 heavy (non-hydrogen) atoms. The van der Waals surface area contributed by atoms with Gasteiger partial charge in [0.2, 0.25) is 11.8 Å². The van der Waals surface area contributed by atoms with Gasteiger partial charge in [0.05, 0.1) is 31.5 Å². The van der Waals surface area contributed by atoms with Crippen LogP contribution in [0.3, 0.4) is 0 Å². The Morgan fingerprint density at radius 2 is 1.91 bits per heavy atom. The molecular weight excluding hydrogens is 436 g/mol. The second-order valence-corrected chi connectivity index (χ2v) is 9.41. The Hall–Kier alpha value is -3.07. The Labute approximate surface area is 199 Å². The molecule has 2 N–H and O–H groups in total. The lowest BCUT2D eigenvalue weighted by molar-refractivity contribution is -0.134. The van der Waals surface area contributed by atoms with Gasteiger partial charge >= 0.3 is 0 Å². The van der Waals surface area contributed by atoms with Crippen molar-refractivity contribution >= 4 is 34.3 Å². The summed E-state index contributed by atoms with van der Waals surface area (Å²) in [6.07, 6.45) is 5.30. The predicted molar refractivity (Wildman–Crippen MR) is 129 cm³/mol. The third kappa shape index (κ3) is 4.24. The average Bonchev–Trinajstić information content (AvgIpc) is 3.11. The highest BCUT2D eigenvalue weighted by Crippen LogP contribution is 2.40. The van der Waals surface area contributed by atoms with Crippen LogP contribution in [0.5, 0.6) is 5.75 Å². The highest BCUT2D eigenvalue weighted by molar-refractivity contribution is 6.14. The molecule has 1 fully saturated rings. The molecule has 2 heterocycles. The fourth-order valence-electron chi connectivity index (χ4n) is 5.21. The van der Waals surface area contributed by atoms with Gasteiger partial charge < -0.3 is 29.6 Å². The first-order valence-electron chi connectivity index (χ1n) is 11.9. The van der Waals surface area contributed by atoms with E-state index in [4.69, 9.17) is 9.47 Å². The summed E-state index contributed by atoms with van der Waals surface area (Å²) in [6, 6.07) is 5.60. The van der Waals surface area contributed by atoms with Gasteiger partial charge in [-0.15, -0.1) is 0 Å². The maximum Gasteiger partial charge on any atom is 0.273 e. The van der Waals surface area contributed by atoms with Gasteiger partial charge in [0.1, 0.15) is 17.0 Å². The van der Waals surface area contributed by atoms with Crippen molar-refractivity contribution in [2.75, 3.05) is 32.7 Å². The molecule has 2 aliphatic rings. The third-order valence-corrected chi connectivity index (χ3v) is 7.03. The number of ether oxygens (including phenoxy) is 2. The normalized spacial score (nSPS) is 20.8. The van der Waals surface area contributed by atoms with Crippen LogP contribution in [-0.2, 0) is 20.9 Å². The Morgan fingerprint density at radius 1 is 1.18 bits per heavy atom. The first-order chi connectivity index (χ1) is 16.3. The van der Waals surface area contributed by atoms with Crippen molar-refractivity contribution in [2.24, 2.45) is 0 Å². The molecule has 0 bridgehead atoms. The molecule has 9 heteroatoms. The number of benzene rings is 1. The molecule has 4 rings (SSSR count). The lowest BCUT2D eigenvalue weighted by Gasteiger charge is -2.45. The molecule has 1 aliphatic heterocycles. The van der Waals surface area contributed by atoms with Crippen LogP contribution in [0, 0.1) is 0 Å². The second-order valence-electron chi connectivity index (χ2n) is 9.41. The second kappa shape index (κ2) is 9.66. The molecule has 3 amide bonds. The van der Waals surface area contributed by atoms with Crippen LogP contribution in [0.4, 0.5) is 5.69 Å². The molecule has 1 saturated carbocycles. The SMILES string of the molecule is COCCN1C(=O)c2c(NC(C)=O)c3cc(OC)ccc3n2C[C@]1(C)C(=O)NC1CCCCC1. The molecule has 1 atom stereocenters. The molecule has 1 aliphatic carbocycles. The number of fused-ring (bicyclic) bond motifs is 3. The van der Waals surface area contributed by atoms with Crippen molar-refractivity contribution in [3.63, 3.8) is 0 Å². The molecule has 0 radical (unpaired) electrons. The fourth-order valence-corrected chi connectivity index (χ4v) is 5.21. The van der Waals surface area contributed by atoms with Gasteiger partial charge in [-0.1, -0.05) is 19.3 Å². The van der Waals surface area contributed by atoms with Crippen molar-refractivity contribution in [1.82, 2.24) is 14.8 Å². The first-order valence-corrected chi connectivity index (χ1v) is 11.9. The van der Waals surface area contributed by atoms with Gasteiger partial charge in [-0.2, -0.15) is 0 Å². The number of carbonyl (C=O) groups is 3. The monoisotopic (exact) mass is 470 g/mol. The summed E-state index contributed by atoms with van der Waals surface area (Å²) >= 11 is 0. The van der Waals surface area contributed by atoms with Crippen molar-refractivity contribution in [2.45, 2.75) is 64.1 Å². The Bertz CT molecular complexity index is 1100. The first kappa shape index (κ1) is 24.1. The van der Waals surface area contributed by atoms with E-state index in [1.165, 1.54) is 13.3 Å². The Kier molecular flexibility index (Phi) is 6.84. The lowest BCUT2D eigenvalue weighted by atomic mass is 9.91. The number of rotatable bonds is 7. The van der Waals surface area contributed by atoms with Crippen molar-refractivity contribution in [1.29, 1.82) is 0 Å². The largest absolute Gasteiger partial charge is 0.497 e. The molecule has 9 nitrogen and oxygen atoms in total. The van der Waals surface area contributed by atoms with E-state index in [9.17, 15) is 14.4 Å². The Balaban J connectivity index is 1.82. The molecule has 184 valence electrons. The summed E-state index contributed by atoms with van der Waals surface area (Å²) in [5, 5.41) is 6.75. The molecule has 2 aromatic rings. The summed E-state index contributed by atoms with van der Waals surface area (Å²) < 4.78 is 12.5. The van der Waals surface area contributed by atoms with Gasteiger partial charge in [-0.05, 0) is 38.0 Å². The molecular formula is C25H34N4O5. The van der Waals surface area contributed by atoms with E-state index >= 15 is 0 Å². The minimum Gasteiger partial charge on any atom is -0.497 e. The maximum absolute atomic E-state index is 13.9. The van der Waals surface area contributed by atoms with Gasteiger partial charge in [0, 0.05) is 32.0 Å². The Morgan fingerprint density at radius 3 is 2.56 bits per heavy atom. The number of nitrogens with zero attached hydrogens (tertiary/aromatic N) is 2. The van der Waals surface area contributed by atoms with Crippen molar-refractivity contribution in [3.8, 4) is 5.75 Å². The highest BCUT2D eigenvalue weighted by Gasteiger charge is 2.49. The van der Waals surface area contributed by atoms with Crippen LogP contribution in [0.25, 0.3) is 10.9 Å². The number of carbonyl (C=O) groups excluding carboxylic acids is 3. The number of aromatic nitrogens is 1. The van der Waals surface area contributed by atoms with Crippen LogP contribution in [0.2, 0.25) is 0 Å². The number of anilines is 1. The molecule has 1 aromatic heterocycles. The highest BCUT2D eigenvalue weighted by atomic mass is 16.5. The van der Waals surface area contributed by atoms with E-state index in [0.29, 0.717) is 29.1 Å². The van der Waals surface area contributed by atoms with Crippen LogP contribution < -0.4 is 15.4 Å². The van der Waals surface area contributed by atoms with Gasteiger partial charge in [-0.3, -0.25) is 14.4 Å². The van der Waals surface area contributed by atoms with Crippen molar-refractivity contribution in [3.05, 3.63) is 23.9 Å². The molecule has 1 aromatic carbocycles. The topological polar surface area (TPSA) is 102 Å². The number of hydrogen-bond acceptors (Lipinski definition) is 5. The van der Waals surface area contributed by atoms with Crippen LogP contribution in [-0.4, -0.2) is 66.1 Å². The smallest absolute Gasteiger partial charge is 0.273 e. The summed E-state index contributed by atoms with van der Waals surface area (Å²) in [5.41, 5.74) is 0.441. The number of nitrogens with one attached hydrogen (secondary N) is 2. The van der Waals surface area contributed by atoms with Crippen LogP contribution in [0.15, 0.2) is 18.2 Å². The van der Waals surface area contributed by atoms with Crippen LogP contribution in [0.1, 0.15) is 56.4 Å². The summed E-state index contributed by atoms with van der Waals surface area (Å²) in [4.78, 5) is 41.3. The number of methoxy groups -OCH3 is 2. The van der Waals surface area contributed by atoms with E-state index < -0.39 is 5.54 Å². The van der Waals surface area contributed by atoms with E-state index in [1.807, 2.05) is 23.6 Å². The predicted octanol–water partition coefficient (Wildman–Crippen LogP) is 2.92.